The summed E-state index contributed by atoms with van der Waals surface area (Å²) in [5.41, 5.74) is 1.63. The van der Waals surface area contributed by atoms with Gasteiger partial charge in [-0.3, -0.25) is 4.79 Å². The number of para-hydroxylation sites is 1. The molecule has 1 heterocycles. The van der Waals surface area contributed by atoms with E-state index in [2.05, 4.69) is 5.10 Å². The van der Waals surface area contributed by atoms with Gasteiger partial charge in [-0.15, -0.1) is 0 Å². The molecule has 0 unspecified atom stereocenters. The molecule has 0 fully saturated rings. The predicted octanol–water partition coefficient (Wildman–Crippen LogP) is 2.36. The van der Waals surface area contributed by atoms with Crippen LogP contribution in [0.2, 0.25) is 0 Å². The van der Waals surface area contributed by atoms with E-state index in [4.69, 9.17) is 0 Å². The van der Waals surface area contributed by atoms with Crippen LogP contribution < -0.4 is 5.01 Å². The van der Waals surface area contributed by atoms with Gasteiger partial charge < -0.3 is 0 Å². The van der Waals surface area contributed by atoms with Gasteiger partial charge in [0.15, 0.2) is 0 Å². The molecule has 1 aromatic carbocycles. The second-order valence-electron chi connectivity index (χ2n) is 3.31. The van der Waals surface area contributed by atoms with Gasteiger partial charge in [0.25, 0.3) is 5.91 Å². The fourth-order valence-corrected chi connectivity index (χ4v) is 1.50. The van der Waals surface area contributed by atoms with E-state index in [0.29, 0.717) is 6.42 Å². The first-order chi connectivity index (χ1) is 7.31. The number of carbonyl (C=O) groups is 1. The normalized spacial score (nSPS) is 16.2. The quantitative estimate of drug-likeness (QED) is 0.721. The molecule has 0 N–H and O–H groups in total. The molecule has 0 aromatic heterocycles. The molecule has 1 amide bonds. The van der Waals surface area contributed by atoms with Crippen molar-refractivity contribution < 1.29 is 4.79 Å². The molecule has 3 nitrogen and oxygen atoms in total. The van der Waals surface area contributed by atoms with Crippen molar-refractivity contribution >= 4 is 17.3 Å². The summed E-state index contributed by atoms with van der Waals surface area (Å²) in [5, 5.41) is 5.70. The lowest BCUT2D eigenvalue weighted by molar-refractivity contribution is -0.116. The number of amides is 1. The lowest BCUT2D eigenvalue weighted by atomic mass is 10.2. The molecular weight excluding hydrogens is 188 g/mol. The van der Waals surface area contributed by atoms with Crippen LogP contribution in [0.4, 0.5) is 5.69 Å². The third-order valence-corrected chi connectivity index (χ3v) is 2.16. The zero-order chi connectivity index (χ0) is 10.7. The number of benzene rings is 1. The van der Waals surface area contributed by atoms with Gasteiger partial charge in [0, 0.05) is 0 Å². The van der Waals surface area contributed by atoms with Crippen molar-refractivity contribution in [3.8, 4) is 0 Å². The highest BCUT2D eigenvalue weighted by Gasteiger charge is 2.23. The lowest BCUT2D eigenvalue weighted by Gasteiger charge is -2.10. The van der Waals surface area contributed by atoms with Gasteiger partial charge in [-0.05, 0) is 25.1 Å². The molecule has 1 aliphatic rings. The fourth-order valence-electron chi connectivity index (χ4n) is 1.50. The largest absolute Gasteiger partial charge is 0.272 e. The molecule has 0 atom stereocenters. The average molecular weight is 200 g/mol. The van der Waals surface area contributed by atoms with E-state index in [1.54, 1.807) is 0 Å². The first kappa shape index (κ1) is 9.65. The number of hydrogen-bond acceptors (Lipinski definition) is 2. The van der Waals surface area contributed by atoms with Crippen molar-refractivity contribution in [3.63, 3.8) is 0 Å². The van der Waals surface area contributed by atoms with E-state index in [1.165, 1.54) is 5.01 Å². The third-order valence-electron chi connectivity index (χ3n) is 2.16. The van der Waals surface area contributed by atoms with Gasteiger partial charge in [-0.2, -0.15) is 5.10 Å². The molecule has 0 bridgehead atoms. The smallest absolute Gasteiger partial charge is 0.253 e. The molecule has 76 valence electrons. The average Bonchev–Trinajstić information content (AvgIpc) is 2.61. The summed E-state index contributed by atoms with van der Waals surface area (Å²) in [7, 11) is 0. The van der Waals surface area contributed by atoms with Crippen molar-refractivity contribution in [1.29, 1.82) is 0 Å². The van der Waals surface area contributed by atoms with Crippen molar-refractivity contribution in [3.05, 3.63) is 42.5 Å². The molecule has 15 heavy (non-hydrogen) atoms. The Labute approximate surface area is 88.7 Å². The minimum Gasteiger partial charge on any atom is -0.272 e. The minimum absolute atomic E-state index is 0.0225. The molecule has 1 aliphatic heterocycles. The number of carbonyl (C=O) groups excluding carboxylic acids is 1. The van der Waals surface area contributed by atoms with Gasteiger partial charge in [0.05, 0.1) is 17.8 Å². The van der Waals surface area contributed by atoms with Crippen molar-refractivity contribution in [2.24, 2.45) is 5.10 Å². The summed E-state index contributed by atoms with van der Waals surface area (Å²) in [6.07, 6.45) is 4.14. The summed E-state index contributed by atoms with van der Waals surface area (Å²) in [5.74, 6) is 0.0225. The van der Waals surface area contributed by atoms with Crippen LogP contribution in [0, 0.1) is 0 Å². The maximum atomic E-state index is 11.6. The Balaban J connectivity index is 2.28. The highest BCUT2D eigenvalue weighted by Crippen LogP contribution is 2.19. The molecule has 1 aromatic rings. The first-order valence-corrected chi connectivity index (χ1v) is 4.89. The van der Waals surface area contributed by atoms with Crippen LogP contribution in [-0.2, 0) is 4.79 Å². The minimum atomic E-state index is 0.0225. The zero-order valence-corrected chi connectivity index (χ0v) is 8.55. The molecule has 0 saturated heterocycles. The molecule has 0 saturated carbocycles. The molecule has 2 rings (SSSR count). The van der Waals surface area contributed by atoms with Gasteiger partial charge in [-0.1, -0.05) is 24.3 Å². The van der Waals surface area contributed by atoms with Crippen molar-refractivity contribution in [2.45, 2.75) is 13.3 Å². The number of allylic oxidation sites excluding steroid dienone is 2. The Morgan fingerprint density at radius 2 is 2.07 bits per heavy atom. The molecular formula is C12H12N2O. The Morgan fingerprint density at radius 1 is 1.33 bits per heavy atom. The van der Waals surface area contributed by atoms with E-state index < -0.39 is 0 Å². The first-order valence-electron chi connectivity index (χ1n) is 4.89. The standard InChI is InChI=1S/C12H12N2O/c1-2-6-10-9-12(15)14(13-10)11-7-4-3-5-8-11/h2-8H,9H2,1H3/b6-2+. The SMILES string of the molecule is C/C=C/C1=NN(c2ccccc2)C(=O)C1. The molecule has 3 heteroatoms. The molecule has 0 radical (unpaired) electrons. The fraction of sp³-hybridized carbons (Fsp3) is 0.167. The van der Waals surface area contributed by atoms with Crippen LogP contribution in [0.3, 0.4) is 0 Å². The Bertz CT molecular complexity index is 421. The van der Waals surface area contributed by atoms with E-state index in [9.17, 15) is 4.79 Å². The van der Waals surface area contributed by atoms with Crippen LogP contribution in [0.5, 0.6) is 0 Å². The molecule has 0 aliphatic carbocycles. The maximum absolute atomic E-state index is 11.6. The van der Waals surface area contributed by atoms with Crippen LogP contribution in [0.15, 0.2) is 47.6 Å². The number of nitrogens with zero attached hydrogens (tertiary/aromatic N) is 2. The Hall–Kier alpha value is -1.90. The monoisotopic (exact) mass is 200 g/mol. The second-order valence-corrected chi connectivity index (χ2v) is 3.31. The van der Waals surface area contributed by atoms with Gasteiger partial charge in [-0.25, -0.2) is 5.01 Å². The van der Waals surface area contributed by atoms with Crippen LogP contribution in [-0.4, -0.2) is 11.6 Å². The third kappa shape index (κ3) is 1.96. The van der Waals surface area contributed by atoms with Gasteiger partial charge in [0.2, 0.25) is 0 Å². The summed E-state index contributed by atoms with van der Waals surface area (Å²) >= 11 is 0. The highest BCUT2D eigenvalue weighted by atomic mass is 16.2. The van der Waals surface area contributed by atoms with E-state index >= 15 is 0 Å². The highest BCUT2D eigenvalue weighted by molar-refractivity contribution is 6.16. The van der Waals surface area contributed by atoms with Crippen molar-refractivity contribution in [2.75, 3.05) is 5.01 Å². The number of hydrogen-bond donors (Lipinski definition) is 0. The summed E-state index contributed by atoms with van der Waals surface area (Å²) in [4.78, 5) is 11.6. The van der Waals surface area contributed by atoms with Crippen LogP contribution >= 0.6 is 0 Å². The zero-order valence-electron chi connectivity index (χ0n) is 8.55. The van der Waals surface area contributed by atoms with Crippen molar-refractivity contribution in [1.82, 2.24) is 0 Å². The van der Waals surface area contributed by atoms with Crippen LogP contribution in [0.25, 0.3) is 0 Å². The molecule has 0 spiro atoms. The maximum Gasteiger partial charge on any atom is 0.253 e. The number of anilines is 1. The van der Waals surface area contributed by atoms with Gasteiger partial charge >= 0.3 is 0 Å². The predicted molar refractivity (Wildman–Crippen MR) is 60.8 cm³/mol. The van der Waals surface area contributed by atoms with E-state index in [-0.39, 0.29) is 5.91 Å². The summed E-state index contributed by atoms with van der Waals surface area (Å²) in [6.45, 7) is 1.91. The summed E-state index contributed by atoms with van der Waals surface area (Å²) < 4.78 is 0. The second kappa shape index (κ2) is 4.09. The lowest BCUT2D eigenvalue weighted by Crippen LogP contribution is -2.19. The number of rotatable bonds is 2. The van der Waals surface area contributed by atoms with E-state index in [1.807, 2.05) is 49.4 Å². The topological polar surface area (TPSA) is 32.7 Å². The Kier molecular flexibility index (Phi) is 2.63. The summed E-state index contributed by atoms with van der Waals surface area (Å²) in [6, 6.07) is 9.46. The van der Waals surface area contributed by atoms with E-state index in [0.717, 1.165) is 11.4 Å². The van der Waals surface area contributed by atoms with Gasteiger partial charge in [0.1, 0.15) is 0 Å². The van der Waals surface area contributed by atoms with Crippen LogP contribution in [0.1, 0.15) is 13.3 Å². The Morgan fingerprint density at radius 3 is 2.73 bits per heavy atom. The number of hydrazone groups is 1.